The zero-order valence-electron chi connectivity index (χ0n) is 15.8. The molecular formula is C22H12Cl2O8. The average molecular weight is 475 g/mol. The van der Waals surface area contributed by atoms with Gasteiger partial charge in [-0.1, -0.05) is 47.5 Å². The van der Waals surface area contributed by atoms with Crippen LogP contribution >= 0.6 is 23.2 Å². The zero-order chi connectivity index (χ0) is 23.7. The second-order valence-electron chi connectivity index (χ2n) is 6.49. The maximum Gasteiger partial charge on any atom is 0.337 e. The van der Waals surface area contributed by atoms with Gasteiger partial charge in [-0.05, 0) is 35.4 Å². The lowest BCUT2D eigenvalue weighted by molar-refractivity contribution is 0.0639. The second kappa shape index (κ2) is 8.70. The first-order valence-electron chi connectivity index (χ1n) is 8.73. The number of halogens is 2. The van der Waals surface area contributed by atoms with Crippen LogP contribution in [0.15, 0.2) is 48.5 Å². The zero-order valence-corrected chi connectivity index (χ0v) is 17.3. The number of carboxylic acid groups (broad SMARTS) is 4. The van der Waals surface area contributed by atoms with Crippen molar-refractivity contribution in [3.8, 4) is 22.3 Å². The number of rotatable bonds is 6. The van der Waals surface area contributed by atoms with Crippen LogP contribution in [-0.2, 0) is 0 Å². The molecule has 3 rings (SSSR count). The highest BCUT2D eigenvalue weighted by atomic mass is 35.5. The molecule has 162 valence electrons. The SMILES string of the molecule is O=C(O)c1c(C(=O)O)c(-c2cccc(Cl)c2)c(C(=O)O)c(C(=O)O)c1-c1cccc(Cl)c1. The molecule has 3 aromatic carbocycles. The summed E-state index contributed by atoms with van der Waals surface area (Å²) in [6.45, 7) is 0. The lowest BCUT2D eigenvalue weighted by Crippen LogP contribution is -2.21. The summed E-state index contributed by atoms with van der Waals surface area (Å²) < 4.78 is 0. The van der Waals surface area contributed by atoms with Gasteiger partial charge in [-0.2, -0.15) is 0 Å². The van der Waals surface area contributed by atoms with E-state index in [-0.39, 0.29) is 21.2 Å². The lowest BCUT2D eigenvalue weighted by atomic mass is 9.81. The number of aromatic carboxylic acids is 4. The van der Waals surface area contributed by atoms with Gasteiger partial charge in [-0.3, -0.25) is 0 Å². The Morgan fingerprint density at radius 1 is 0.531 bits per heavy atom. The Labute approximate surface area is 189 Å². The molecule has 10 heteroatoms. The fourth-order valence-electron chi connectivity index (χ4n) is 3.47. The predicted molar refractivity (Wildman–Crippen MR) is 115 cm³/mol. The van der Waals surface area contributed by atoms with Crippen LogP contribution in [0, 0.1) is 0 Å². The number of benzene rings is 3. The van der Waals surface area contributed by atoms with Gasteiger partial charge in [-0.25, -0.2) is 19.2 Å². The highest BCUT2D eigenvalue weighted by Gasteiger charge is 2.36. The fourth-order valence-corrected chi connectivity index (χ4v) is 3.85. The van der Waals surface area contributed by atoms with Gasteiger partial charge in [0.2, 0.25) is 0 Å². The van der Waals surface area contributed by atoms with E-state index in [0.29, 0.717) is 0 Å². The molecule has 0 aliphatic rings. The molecular weight excluding hydrogens is 463 g/mol. The summed E-state index contributed by atoms with van der Waals surface area (Å²) in [4.78, 5) is 49.0. The van der Waals surface area contributed by atoms with Crippen LogP contribution < -0.4 is 0 Å². The molecule has 0 atom stereocenters. The molecule has 0 saturated heterocycles. The number of carboxylic acids is 4. The van der Waals surface area contributed by atoms with Crippen molar-refractivity contribution in [3.63, 3.8) is 0 Å². The first-order chi connectivity index (χ1) is 15.0. The van der Waals surface area contributed by atoms with E-state index in [1.54, 1.807) is 0 Å². The van der Waals surface area contributed by atoms with Gasteiger partial charge in [0.25, 0.3) is 0 Å². The van der Waals surface area contributed by atoms with E-state index in [9.17, 15) is 39.6 Å². The monoisotopic (exact) mass is 474 g/mol. The van der Waals surface area contributed by atoms with Crippen LogP contribution in [0.3, 0.4) is 0 Å². The van der Waals surface area contributed by atoms with E-state index in [1.165, 1.54) is 48.5 Å². The topological polar surface area (TPSA) is 149 Å². The molecule has 3 aromatic rings. The molecule has 0 aromatic heterocycles. The average Bonchev–Trinajstić information content (AvgIpc) is 2.71. The number of hydrogen-bond acceptors (Lipinski definition) is 4. The van der Waals surface area contributed by atoms with Crippen molar-refractivity contribution in [2.24, 2.45) is 0 Å². The van der Waals surface area contributed by atoms with Crippen molar-refractivity contribution in [1.82, 2.24) is 0 Å². The Morgan fingerprint density at radius 3 is 1.03 bits per heavy atom. The summed E-state index contributed by atoms with van der Waals surface area (Å²) in [6.07, 6.45) is 0. The summed E-state index contributed by atoms with van der Waals surface area (Å²) in [5.74, 6) is -7.06. The predicted octanol–water partition coefficient (Wildman–Crippen LogP) is 5.12. The van der Waals surface area contributed by atoms with Gasteiger partial charge in [0, 0.05) is 21.2 Å². The van der Waals surface area contributed by atoms with Crippen molar-refractivity contribution in [2.45, 2.75) is 0 Å². The van der Waals surface area contributed by atoms with Gasteiger partial charge in [-0.15, -0.1) is 0 Å². The van der Waals surface area contributed by atoms with Crippen molar-refractivity contribution in [1.29, 1.82) is 0 Å². The molecule has 0 aliphatic heterocycles. The van der Waals surface area contributed by atoms with Crippen molar-refractivity contribution < 1.29 is 39.6 Å². The first kappa shape index (κ1) is 22.8. The summed E-state index contributed by atoms with van der Waals surface area (Å²) in [5.41, 5.74) is -4.89. The molecule has 0 bridgehead atoms. The molecule has 0 amide bonds. The Balaban J connectivity index is 2.73. The smallest absolute Gasteiger partial charge is 0.337 e. The number of hydrogen-bond donors (Lipinski definition) is 4. The summed E-state index contributed by atoms with van der Waals surface area (Å²) >= 11 is 11.9. The Kier molecular flexibility index (Phi) is 6.20. The third-order valence-electron chi connectivity index (χ3n) is 4.58. The van der Waals surface area contributed by atoms with E-state index in [2.05, 4.69) is 0 Å². The third-order valence-corrected chi connectivity index (χ3v) is 5.05. The molecule has 0 aliphatic carbocycles. The van der Waals surface area contributed by atoms with Crippen molar-refractivity contribution in [2.75, 3.05) is 0 Å². The summed E-state index contributed by atoms with van der Waals surface area (Å²) in [5, 5.41) is 39.9. The molecule has 0 fully saturated rings. The largest absolute Gasteiger partial charge is 0.478 e. The molecule has 0 radical (unpaired) electrons. The first-order valence-corrected chi connectivity index (χ1v) is 9.49. The van der Waals surface area contributed by atoms with E-state index in [0.717, 1.165) is 0 Å². The molecule has 0 unspecified atom stereocenters. The van der Waals surface area contributed by atoms with Gasteiger partial charge in [0.1, 0.15) is 0 Å². The quantitative estimate of drug-likeness (QED) is 0.384. The van der Waals surface area contributed by atoms with Crippen LogP contribution in [0.25, 0.3) is 22.3 Å². The van der Waals surface area contributed by atoms with Crippen LogP contribution in [0.1, 0.15) is 41.4 Å². The van der Waals surface area contributed by atoms with E-state index < -0.39 is 57.3 Å². The van der Waals surface area contributed by atoms with Crippen LogP contribution in [0.5, 0.6) is 0 Å². The minimum atomic E-state index is -1.76. The highest BCUT2D eigenvalue weighted by molar-refractivity contribution is 6.31. The fraction of sp³-hybridized carbons (Fsp3) is 0. The van der Waals surface area contributed by atoms with Gasteiger partial charge < -0.3 is 20.4 Å². The molecule has 32 heavy (non-hydrogen) atoms. The lowest BCUT2D eigenvalue weighted by Gasteiger charge is -2.21. The summed E-state index contributed by atoms with van der Waals surface area (Å²) in [6, 6.07) is 10.7. The Morgan fingerprint density at radius 2 is 0.812 bits per heavy atom. The molecule has 0 saturated carbocycles. The van der Waals surface area contributed by atoms with E-state index in [4.69, 9.17) is 23.2 Å². The molecule has 0 spiro atoms. The Bertz CT molecular complexity index is 1160. The standard InChI is InChI=1S/C22H12Cl2O8/c23-11-5-1-3-9(7-11)13-15(19(25)26)17(21(29)30)14(10-4-2-6-12(24)8-10)18(22(31)32)16(13)20(27)28/h1-8H,(H,25,26)(H,27,28)(H,29,30)(H,31,32). The number of carbonyl (C=O) groups is 4. The summed E-state index contributed by atoms with van der Waals surface area (Å²) in [7, 11) is 0. The minimum Gasteiger partial charge on any atom is -0.478 e. The van der Waals surface area contributed by atoms with Gasteiger partial charge in [0.15, 0.2) is 0 Å². The Hall–Kier alpha value is -3.88. The highest BCUT2D eigenvalue weighted by Crippen LogP contribution is 2.42. The maximum absolute atomic E-state index is 12.2. The third kappa shape index (κ3) is 4.01. The van der Waals surface area contributed by atoms with E-state index in [1.807, 2.05) is 0 Å². The van der Waals surface area contributed by atoms with Crippen molar-refractivity contribution in [3.05, 3.63) is 80.8 Å². The van der Waals surface area contributed by atoms with Crippen LogP contribution in [0.4, 0.5) is 0 Å². The molecule has 0 heterocycles. The van der Waals surface area contributed by atoms with Crippen molar-refractivity contribution >= 4 is 47.1 Å². The van der Waals surface area contributed by atoms with Crippen LogP contribution in [0.2, 0.25) is 10.0 Å². The minimum absolute atomic E-state index is 0.0741. The maximum atomic E-state index is 12.2. The molecule has 8 nitrogen and oxygen atoms in total. The van der Waals surface area contributed by atoms with Gasteiger partial charge >= 0.3 is 23.9 Å². The van der Waals surface area contributed by atoms with Crippen LogP contribution in [-0.4, -0.2) is 44.3 Å². The second-order valence-corrected chi connectivity index (χ2v) is 7.36. The normalized spacial score (nSPS) is 10.6. The van der Waals surface area contributed by atoms with Gasteiger partial charge in [0.05, 0.1) is 22.3 Å². The molecule has 4 N–H and O–H groups in total. The van der Waals surface area contributed by atoms with E-state index >= 15 is 0 Å².